The normalized spacial score (nSPS) is 10.7. The van der Waals surface area contributed by atoms with Crippen LogP contribution in [0.15, 0.2) is 5.38 Å². The molecule has 0 radical (unpaired) electrons. The monoisotopic (exact) mass is 217 g/mol. The van der Waals surface area contributed by atoms with Crippen LogP contribution in [0, 0.1) is 6.92 Å². The van der Waals surface area contributed by atoms with Crippen LogP contribution < -0.4 is 5.32 Å². The molecule has 13 heavy (non-hydrogen) atoms. The lowest BCUT2D eigenvalue weighted by Gasteiger charge is -2.01. The predicted octanol–water partition coefficient (Wildman–Crippen LogP) is 3.60. The van der Waals surface area contributed by atoms with Gasteiger partial charge in [0.05, 0.1) is 5.02 Å². The SMILES string of the molecule is CCCCNCc1scc(C)c1Cl. The Morgan fingerprint density at radius 1 is 1.54 bits per heavy atom. The smallest absolute Gasteiger partial charge is 0.0587 e. The van der Waals surface area contributed by atoms with Gasteiger partial charge in [-0.25, -0.2) is 0 Å². The minimum atomic E-state index is 0.914. The predicted molar refractivity (Wildman–Crippen MR) is 60.7 cm³/mol. The molecule has 1 N–H and O–H groups in total. The van der Waals surface area contributed by atoms with Gasteiger partial charge in [-0.05, 0) is 30.8 Å². The average molecular weight is 218 g/mol. The molecule has 0 spiro atoms. The summed E-state index contributed by atoms with van der Waals surface area (Å²) >= 11 is 7.83. The topological polar surface area (TPSA) is 12.0 Å². The van der Waals surface area contributed by atoms with Gasteiger partial charge in [-0.3, -0.25) is 0 Å². The van der Waals surface area contributed by atoms with Gasteiger partial charge in [0, 0.05) is 11.4 Å². The molecule has 1 rings (SSSR count). The van der Waals surface area contributed by atoms with Gasteiger partial charge in [-0.15, -0.1) is 11.3 Å². The summed E-state index contributed by atoms with van der Waals surface area (Å²) in [7, 11) is 0. The Morgan fingerprint density at radius 3 is 2.85 bits per heavy atom. The summed E-state index contributed by atoms with van der Waals surface area (Å²) in [6, 6.07) is 0. The first-order chi connectivity index (χ1) is 6.25. The minimum Gasteiger partial charge on any atom is -0.312 e. The van der Waals surface area contributed by atoms with E-state index in [0.29, 0.717) is 0 Å². The molecule has 3 heteroatoms. The summed E-state index contributed by atoms with van der Waals surface area (Å²) in [5.74, 6) is 0. The van der Waals surface area contributed by atoms with Crippen LogP contribution in [-0.2, 0) is 6.54 Å². The van der Waals surface area contributed by atoms with E-state index in [1.807, 2.05) is 6.92 Å². The molecule has 1 nitrogen and oxygen atoms in total. The Bertz CT molecular complexity index is 257. The highest BCUT2D eigenvalue weighted by molar-refractivity contribution is 7.10. The maximum atomic E-state index is 6.09. The number of hydrogen-bond acceptors (Lipinski definition) is 2. The van der Waals surface area contributed by atoms with Crippen LogP contribution in [0.4, 0.5) is 0 Å². The summed E-state index contributed by atoms with van der Waals surface area (Å²) in [4.78, 5) is 1.26. The van der Waals surface area contributed by atoms with Crippen molar-refractivity contribution in [2.45, 2.75) is 33.2 Å². The van der Waals surface area contributed by atoms with Crippen LogP contribution in [0.5, 0.6) is 0 Å². The lowest BCUT2D eigenvalue weighted by molar-refractivity contribution is 0.646. The van der Waals surface area contributed by atoms with E-state index in [2.05, 4.69) is 17.6 Å². The van der Waals surface area contributed by atoms with Crippen LogP contribution in [-0.4, -0.2) is 6.54 Å². The van der Waals surface area contributed by atoms with Crippen molar-refractivity contribution in [3.63, 3.8) is 0 Å². The number of halogens is 1. The van der Waals surface area contributed by atoms with Crippen LogP contribution in [0.1, 0.15) is 30.2 Å². The molecular weight excluding hydrogens is 202 g/mol. The lowest BCUT2D eigenvalue weighted by atomic mass is 10.3. The van der Waals surface area contributed by atoms with Crippen molar-refractivity contribution in [1.82, 2.24) is 5.32 Å². The first-order valence-corrected chi connectivity index (χ1v) is 5.94. The summed E-state index contributed by atoms with van der Waals surface area (Å²) < 4.78 is 0. The van der Waals surface area contributed by atoms with Crippen LogP contribution in [0.3, 0.4) is 0 Å². The molecule has 0 aromatic carbocycles. The molecule has 1 aromatic heterocycles. The molecule has 0 amide bonds. The molecule has 0 aliphatic heterocycles. The van der Waals surface area contributed by atoms with E-state index in [0.717, 1.165) is 18.1 Å². The van der Waals surface area contributed by atoms with E-state index in [-0.39, 0.29) is 0 Å². The van der Waals surface area contributed by atoms with Gasteiger partial charge in [0.25, 0.3) is 0 Å². The Labute approximate surface area is 89.1 Å². The van der Waals surface area contributed by atoms with E-state index in [9.17, 15) is 0 Å². The highest BCUT2D eigenvalue weighted by atomic mass is 35.5. The maximum absolute atomic E-state index is 6.09. The Hall–Kier alpha value is -0.0500. The average Bonchev–Trinajstić information content (AvgIpc) is 2.43. The zero-order valence-corrected chi connectivity index (χ0v) is 9.76. The van der Waals surface area contributed by atoms with E-state index in [4.69, 9.17) is 11.6 Å². The molecular formula is C10H16ClNS. The third kappa shape index (κ3) is 3.29. The van der Waals surface area contributed by atoms with E-state index < -0.39 is 0 Å². The van der Waals surface area contributed by atoms with Gasteiger partial charge in [0.2, 0.25) is 0 Å². The Morgan fingerprint density at radius 2 is 2.31 bits per heavy atom. The second-order valence-corrected chi connectivity index (χ2v) is 4.53. The van der Waals surface area contributed by atoms with Crippen molar-refractivity contribution >= 4 is 22.9 Å². The van der Waals surface area contributed by atoms with Gasteiger partial charge in [0.1, 0.15) is 0 Å². The molecule has 1 heterocycles. The number of rotatable bonds is 5. The molecule has 0 atom stereocenters. The summed E-state index contributed by atoms with van der Waals surface area (Å²) in [6.45, 7) is 6.25. The number of aryl methyl sites for hydroxylation is 1. The second kappa shape index (κ2) is 5.63. The van der Waals surface area contributed by atoms with Gasteiger partial charge < -0.3 is 5.32 Å². The maximum Gasteiger partial charge on any atom is 0.0587 e. The highest BCUT2D eigenvalue weighted by Gasteiger charge is 2.04. The van der Waals surface area contributed by atoms with Crippen molar-refractivity contribution in [3.8, 4) is 0 Å². The molecule has 0 aliphatic carbocycles. The van der Waals surface area contributed by atoms with Crippen molar-refractivity contribution in [2.75, 3.05) is 6.54 Å². The fourth-order valence-corrected chi connectivity index (χ4v) is 2.31. The van der Waals surface area contributed by atoms with Crippen LogP contribution >= 0.6 is 22.9 Å². The molecule has 0 fully saturated rings. The molecule has 74 valence electrons. The number of hydrogen-bond donors (Lipinski definition) is 1. The zero-order chi connectivity index (χ0) is 9.68. The number of nitrogens with one attached hydrogen (secondary N) is 1. The van der Waals surface area contributed by atoms with Gasteiger partial charge in [-0.2, -0.15) is 0 Å². The van der Waals surface area contributed by atoms with Crippen LogP contribution in [0.2, 0.25) is 5.02 Å². The van der Waals surface area contributed by atoms with Gasteiger partial charge in [-0.1, -0.05) is 24.9 Å². The van der Waals surface area contributed by atoms with Crippen molar-refractivity contribution in [2.24, 2.45) is 0 Å². The fourth-order valence-electron chi connectivity index (χ4n) is 1.11. The quantitative estimate of drug-likeness (QED) is 0.744. The lowest BCUT2D eigenvalue weighted by Crippen LogP contribution is -2.13. The molecule has 1 aromatic rings. The first kappa shape index (κ1) is 11.0. The summed E-state index contributed by atoms with van der Waals surface area (Å²) in [5.41, 5.74) is 1.19. The summed E-state index contributed by atoms with van der Waals surface area (Å²) in [6.07, 6.45) is 2.48. The van der Waals surface area contributed by atoms with E-state index in [1.165, 1.54) is 23.3 Å². The largest absolute Gasteiger partial charge is 0.312 e. The molecule has 0 saturated carbocycles. The fraction of sp³-hybridized carbons (Fsp3) is 0.600. The third-order valence-electron chi connectivity index (χ3n) is 1.96. The Balaban J connectivity index is 2.32. The van der Waals surface area contributed by atoms with Gasteiger partial charge in [0.15, 0.2) is 0 Å². The highest BCUT2D eigenvalue weighted by Crippen LogP contribution is 2.26. The second-order valence-electron chi connectivity index (χ2n) is 3.19. The molecule has 0 bridgehead atoms. The zero-order valence-electron chi connectivity index (χ0n) is 8.19. The number of unbranched alkanes of at least 4 members (excludes halogenated alkanes) is 1. The molecule has 0 unspecified atom stereocenters. The number of thiophene rings is 1. The minimum absolute atomic E-state index is 0.914. The summed E-state index contributed by atoms with van der Waals surface area (Å²) in [5, 5.41) is 6.43. The van der Waals surface area contributed by atoms with E-state index in [1.54, 1.807) is 11.3 Å². The van der Waals surface area contributed by atoms with Gasteiger partial charge >= 0.3 is 0 Å². The van der Waals surface area contributed by atoms with Crippen molar-refractivity contribution < 1.29 is 0 Å². The standard InChI is InChI=1S/C10H16ClNS/c1-3-4-5-12-6-9-10(11)8(2)7-13-9/h7,12H,3-6H2,1-2H3. The first-order valence-electron chi connectivity index (χ1n) is 4.69. The molecule has 0 saturated heterocycles. The molecule has 0 aliphatic rings. The van der Waals surface area contributed by atoms with E-state index >= 15 is 0 Å². The van der Waals surface area contributed by atoms with Crippen molar-refractivity contribution in [1.29, 1.82) is 0 Å². The Kier molecular flexibility index (Phi) is 4.78. The third-order valence-corrected chi connectivity index (χ3v) is 3.70. The van der Waals surface area contributed by atoms with Crippen molar-refractivity contribution in [3.05, 3.63) is 20.8 Å². The van der Waals surface area contributed by atoms with Crippen LogP contribution in [0.25, 0.3) is 0 Å².